The first-order chi connectivity index (χ1) is 7.67. The highest BCUT2D eigenvalue weighted by atomic mass is 32.2. The van der Waals surface area contributed by atoms with Gasteiger partial charge < -0.3 is 5.32 Å². The molecule has 1 N–H and O–H groups in total. The van der Waals surface area contributed by atoms with Crippen LogP contribution in [-0.2, 0) is 9.84 Å². The van der Waals surface area contributed by atoms with E-state index in [1.807, 2.05) is 13.8 Å². The van der Waals surface area contributed by atoms with Crippen LogP contribution >= 0.6 is 0 Å². The molecule has 0 aromatic rings. The number of hydrogen-bond acceptors (Lipinski definition) is 4. The normalized spacial score (nSPS) is 28.3. The van der Waals surface area contributed by atoms with Gasteiger partial charge in [-0.05, 0) is 27.2 Å². The first-order valence-electron chi connectivity index (χ1n) is 6.34. The second kappa shape index (κ2) is 5.24. The molecular weight excluding hydrogens is 236 g/mol. The molecule has 1 aliphatic rings. The van der Waals surface area contributed by atoms with Gasteiger partial charge in [-0.3, -0.25) is 4.90 Å². The molecule has 0 radical (unpaired) electrons. The Morgan fingerprint density at radius 3 is 2.47 bits per heavy atom. The van der Waals surface area contributed by atoms with E-state index in [-0.39, 0.29) is 0 Å². The standard InChI is InChI=1S/C12H26N2O2S/c1-6-11-8-14(10(2)7-13-11)9-12(3,4)17(5,15)16/h10-11,13H,6-9H2,1-5H3. The topological polar surface area (TPSA) is 49.4 Å². The van der Waals surface area contributed by atoms with Crippen LogP contribution < -0.4 is 5.32 Å². The lowest BCUT2D eigenvalue weighted by atomic mass is 10.1. The summed E-state index contributed by atoms with van der Waals surface area (Å²) in [6.45, 7) is 10.4. The maximum atomic E-state index is 11.7. The molecule has 0 aromatic heterocycles. The molecule has 1 rings (SSSR count). The second-order valence-electron chi connectivity index (χ2n) is 5.82. The zero-order valence-electron chi connectivity index (χ0n) is 11.7. The summed E-state index contributed by atoms with van der Waals surface area (Å²) in [6.07, 6.45) is 2.42. The number of nitrogens with one attached hydrogen (secondary N) is 1. The lowest BCUT2D eigenvalue weighted by Crippen LogP contribution is -2.58. The van der Waals surface area contributed by atoms with Crippen LogP contribution in [0.1, 0.15) is 34.1 Å². The molecule has 0 amide bonds. The largest absolute Gasteiger partial charge is 0.311 e. The molecule has 4 nitrogen and oxygen atoms in total. The summed E-state index contributed by atoms with van der Waals surface area (Å²) < 4.78 is 22.8. The Balaban J connectivity index is 2.72. The molecular formula is C12H26N2O2S. The minimum absolute atomic E-state index is 0.402. The Labute approximate surface area is 106 Å². The van der Waals surface area contributed by atoms with Gasteiger partial charge >= 0.3 is 0 Å². The van der Waals surface area contributed by atoms with Crippen molar-refractivity contribution < 1.29 is 8.42 Å². The minimum Gasteiger partial charge on any atom is -0.311 e. The highest BCUT2D eigenvalue weighted by Gasteiger charge is 2.35. The van der Waals surface area contributed by atoms with Crippen LogP contribution in [0.3, 0.4) is 0 Å². The molecule has 0 bridgehead atoms. The molecule has 0 aromatic carbocycles. The number of rotatable bonds is 4. The Morgan fingerprint density at radius 2 is 2.00 bits per heavy atom. The van der Waals surface area contributed by atoms with E-state index in [4.69, 9.17) is 0 Å². The summed E-state index contributed by atoms with van der Waals surface area (Å²) in [7, 11) is -3.01. The molecule has 0 saturated carbocycles. The van der Waals surface area contributed by atoms with Crippen LogP contribution in [0.4, 0.5) is 0 Å². The van der Waals surface area contributed by atoms with Crippen LogP contribution in [0, 0.1) is 0 Å². The van der Waals surface area contributed by atoms with Gasteiger partial charge in [0.15, 0.2) is 9.84 Å². The molecule has 2 unspecified atom stereocenters. The molecule has 102 valence electrons. The monoisotopic (exact) mass is 262 g/mol. The average molecular weight is 262 g/mol. The van der Waals surface area contributed by atoms with Gasteiger partial charge in [-0.25, -0.2) is 8.42 Å². The van der Waals surface area contributed by atoms with E-state index in [0.717, 1.165) is 19.5 Å². The van der Waals surface area contributed by atoms with Crippen molar-refractivity contribution in [3.8, 4) is 0 Å². The quantitative estimate of drug-likeness (QED) is 0.817. The summed E-state index contributed by atoms with van der Waals surface area (Å²) in [5.74, 6) is 0. The van der Waals surface area contributed by atoms with Gasteiger partial charge in [0, 0.05) is 38.0 Å². The van der Waals surface area contributed by atoms with Gasteiger partial charge in [-0.2, -0.15) is 0 Å². The van der Waals surface area contributed by atoms with Gasteiger partial charge in [-0.15, -0.1) is 0 Å². The summed E-state index contributed by atoms with van der Waals surface area (Å²) in [4.78, 5) is 2.30. The maximum absolute atomic E-state index is 11.7. The number of sulfone groups is 1. The van der Waals surface area contributed by atoms with Crippen molar-refractivity contribution in [3.63, 3.8) is 0 Å². The van der Waals surface area contributed by atoms with E-state index in [1.165, 1.54) is 6.26 Å². The van der Waals surface area contributed by atoms with E-state index in [2.05, 4.69) is 24.1 Å². The molecule has 1 heterocycles. The third-order valence-corrected chi connectivity index (χ3v) is 6.00. The van der Waals surface area contributed by atoms with Crippen molar-refractivity contribution in [2.75, 3.05) is 25.9 Å². The highest BCUT2D eigenvalue weighted by molar-refractivity contribution is 7.92. The predicted octanol–water partition coefficient (Wildman–Crippen LogP) is 0.882. The Hall–Kier alpha value is -0.130. The number of nitrogens with zero attached hydrogens (tertiary/aromatic N) is 1. The molecule has 17 heavy (non-hydrogen) atoms. The molecule has 0 spiro atoms. The Kier molecular flexibility index (Phi) is 4.60. The van der Waals surface area contributed by atoms with E-state index in [1.54, 1.807) is 0 Å². The van der Waals surface area contributed by atoms with Gasteiger partial charge in [0.2, 0.25) is 0 Å². The SMILES string of the molecule is CCC1CN(CC(C)(C)S(C)(=O)=O)C(C)CN1. The Bertz CT molecular complexity index is 352. The van der Waals surface area contributed by atoms with Crippen LogP contribution in [0.15, 0.2) is 0 Å². The Morgan fingerprint density at radius 1 is 1.41 bits per heavy atom. The summed E-state index contributed by atoms with van der Waals surface area (Å²) in [5, 5.41) is 3.48. The minimum atomic E-state index is -3.01. The zero-order chi connectivity index (χ0) is 13.3. The highest BCUT2D eigenvalue weighted by Crippen LogP contribution is 2.20. The summed E-state index contributed by atoms with van der Waals surface area (Å²) >= 11 is 0. The van der Waals surface area contributed by atoms with Crippen molar-refractivity contribution in [1.82, 2.24) is 10.2 Å². The fraction of sp³-hybridized carbons (Fsp3) is 1.00. The van der Waals surface area contributed by atoms with E-state index in [9.17, 15) is 8.42 Å². The van der Waals surface area contributed by atoms with E-state index in [0.29, 0.717) is 18.6 Å². The molecule has 1 aliphatic heterocycles. The molecule has 1 fully saturated rings. The maximum Gasteiger partial charge on any atom is 0.153 e. The molecule has 0 aliphatic carbocycles. The molecule has 5 heteroatoms. The van der Waals surface area contributed by atoms with E-state index < -0.39 is 14.6 Å². The van der Waals surface area contributed by atoms with Gasteiger partial charge in [0.05, 0.1) is 4.75 Å². The smallest absolute Gasteiger partial charge is 0.153 e. The number of piperazine rings is 1. The van der Waals surface area contributed by atoms with Crippen molar-refractivity contribution >= 4 is 9.84 Å². The second-order valence-corrected chi connectivity index (χ2v) is 8.47. The zero-order valence-corrected chi connectivity index (χ0v) is 12.5. The van der Waals surface area contributed by atoms with Crippen LogP contribution in [-0.4, -0.2) is 56.0 Å². The first kappa shape index (κ1) is 14.9. The average Bonchev–Trinajstić information content (AvgIpc) is 2.19. The van der Waals surface area contributed by atoms with Crippen LogP contribution in [0.25, 0.3) is 0 Å². The van der Waals surface area contributed by atoms with Crippen molar-refractivity contribution in [2.45, 2.75) is 50.9 Å². The lowest BCUT2D eigenvalue weighted by molar-refractivity contribution is 0.129. The predicted molar refractivity (Wildman–Crippen MR) is 72.0 cm³/mol. The third-order valence-electron chi connectivity index (χ3n) is 3.86. The van der Waals surface area contributed by atoms with E-state index >= 15 is 0 Å². The summed E-state index contributed by atoms with van der Waals surface area (Å²) in [6, 6.07) is 0.889. The third kappa shape index (κ3) is 3.66. The fourth-order valence-electron chi connectivity index (χ4n) is 2.09. The molecule has 1 saturated heterocycles. The summed E-state index contributed by atoms with van der Waals surface area (Å²) in [5.41, 5.74) is 0. The van der Waals surface area contributed by atoms with Crippen molar-refractivity contribution in [2.24, 2.45) is 0 Å². The van der Waals surface area contributed by atoms with Crippen molar-refractivity contribution in [3.05, 3.63) is 0 Å². The van der Waals surface area contributed by atoms with Gasteiger partial charge in [-0.1, -0.05) is 6.92 Å². The van der Waals surface area contributed by atoms with Gasteiger partial charge in [0.1, 0.15) is 0 Å². The van der Waals surface area contributed by atoms with Crippen molar-refractivity contribution in [1.29, 1.82) is 0 Å². The first-order valence-corrected chi connectivity index (χ1v) is 8.23. The van der Waals surface area contributed by atoms with Crippen LogP contribution in [0.5, 0.6) is 0 Å². The lowest BCUT2D eigenvalue weighted by Gasteiger charge is -2.41. The number of hydrogen-bond donors (Lipinski definition) is 1. The van der Waals surface area contributed by atoms with Crippen LogP contribution in [0.2, 0.25) is 0 Å². The fourth-order valence-corrected chi connectivity index (χ4v) is 2.49. The molecule has 2 atom stereocenters. The van der Waals surface area contributed by atoms with Gasteiger partial charge in [0.25, 0.3) is 0 Å².